The summed E-state index contributed by atoms with van der Waals surface area (Å²) >= 11 is 0. The lowest BCUT2D eigenvalue weighted by molar-refractivity contribution is -0.143. The maximum absolute atomic E-state index is 13.0. The van der Waals surface area contributed by atoms with Crippen molar-refractivity contribution >= 4 is 21.8 Å². The van der Waals surface area contributed by atoms with Gasteiger partial charge in [-0.15, -0.1) is 0 Å². The largest absolute Gasteiger partial charge is 0.343 e. The van der Waals surface area contributed by atoms with Crippen LogP contribution in [0, 0.1) is 0 Å². The van der Waals surface area contributed by atoms with E-state index in [1.165, 1.54) is 4.90 Å². The smallest absolute Gasteiger partial charge is 0.245 e. The van der Waals surface area contributed by atoms with Gasteiger partial charge < -0.3 is 9.80 Å². The minimum atomic E-state index is -3.66. The predicted molar refractivity (Wildman–Crippen MR) is 93.2 cm³/mol. The van der Waals surface area contributed by atoms with Crippen LogP contribution in [0.3, 0.4) is 0 Å². The van der Waals surface area contributed by atoms with Crippen molar-refractivity contribution in [3.63, 3.8) is 0 Å². The van der Waals surface area contributed by atoms with E-state index >= 15 is 0 Å². The zero-order chi connectivity index (χ0) is 18.0. The molecule has 2 aliphatic heterocycles. The second-order valence-corrected chi connectivity index (χ2v) is 8.50. The average molecular weight is 365 g/mol. The average Bonchev–Trinajstić information content (AvgIpc) is 3.07. The van der Waals surface area contributed by atoms with Crippen LogP contribution >= 0.6 is 0 Å². The van der Waals surface area contributed by atoms with Gasteiger partial charge >= 0.3 is 0 Å². The Labute approximate surface area is 148 Å². The number of carbonyl (C=O) groups excluding carboxylic acids is 2. The molecule has 25 heavy (non-hydrogen) atoms. The molecule has 0 radical (unpaired) electrons. The lowest BCUT2D eigenvalue weighted by atomic mass is 10.0. The topological polar surface area (TPSA) is 86.8 Å². The van der Waals surface area contributed by atoms with Crippen molar-refractivity contribution < 1.29 is 18.0 Å². The number of carbonyl (C=O) groups is 2. The van der Waals surface area contributed by atoms with Gasteiger partial charge in [0, 0.05) is 20.1 Å². The van der Waals surface area contributed by atoms with Crippen molar-refractivity contribution in [1.82, 2.24) is 14.5 Å². The van der Waals surface area contributed by atoms with Crippen molar-refractivity contribution in [3.8, 4) is 0 Å². The van der Waals surface area contributed by atoms with Gasteiger partial charge in [-0.2, -0.15) is 0 Å². The van der Waals surface area contributed by atoms with Gasteiger partial charge in [0.05, 0.1) is 5.75 Å². The highest BCUT2D eigenvalue weighted by molar-refractivity contribution is 7.89. The van der Waals surface area contributed by atoms with E-state index in [1.54, 1.807) is 11.9 Å². The Morgan fingerprint density at radius 3 is 2.56 bits per heavy atom. The zero-order valence-electron chi connectivity index (χ0n) is 14.2. The molecule has 0 aliphatic carbocycles. The highest BCUT2D eigenvalue weighted by Crippen LogP contribution is 2.22. The molecule has 2 fully saturated rings. The van der Waals surface area contributed by atoms with E-state index in [0.717, 1.165) is 12.0 Å². The summed E-state index contributed by atoms with van der Waals surface area (Å²) in [5, 5.41) is 0. The minimum Gasteiger partial charge on any atom is -0.343 e. The van der Waals surface area contributed by atoms with Crippen LogP contribution in [0.25, 0.3) is 0 Å². The van der Waals surface area contributed by atoms with Crippen LogP contribution in [0.5, 0.6) is 0 Å². The fourth-order valence-corrected chi connectivity index (χ4v) is 4.66. The first-order valence-corrected chi connectivity index (χ1v) is 10.1. The van der Waals surface area contributed by atoms with Crippen LogP contribution in [0.4, 0.5) is 0 Å². The molecule has 0 saturated carbocycles. The van der Waals surface area contributed by atoms with Gasteiger partial charge in [-0.3, -0.25) is 9.59 Å². The molecular formula is C17H23N3O4S. The summed E-state index contributed by atoms with van der Waals surface area (Å²) in [6.45, 7) is 0.598. The fraction of sp³-hybridized carbons (Fsp3) is 0.529. The second-order valence-electron chi connectivity index (χ2n) is 6.63. The second kappa shape index (κ2) is 7.13. The SMILES string of the molecule is CN1CCS(=O)(=O)N[C@H](Cc2ccccc2)C(=O)N2CCCC2C1=O. The molecule has 136 valence electrons. The van der Waals surface area contributed by atoms with Crippen molar-refractivity contribution in [2.45, 2.75) is 31.3 Å². The third kappa shape index (κ3) is 4.01. The van der Waals surface area contributed by atoms with Gasteiger partial charge in [0.15, 0.2) is 0 Å². The molecule has 0 bridgehead atoms. The number of benzene rings is 1. The van der Waals surface area contributed by atoms with E-state index in [-0.39, 0.29) is 30.5 Å². The molecule has 7 nitrogen and oxygen atoms in total. The van der Waals surface area contributed by atoms with Crippen LogP contribution in [-0.4, -0.2) is 68.0 Å². The Balaban J connectivity index is 1.92. The van der Waals surface area contributed by atoms with Crippen LogP contribution in [-0.2, 0) is 26.0 Å². The first-order valence-electron chi connectivity index (χ1n) is 8.47. The summed E-state index contributed by atoms with van der Waals surface area (Å²) in [6, 6.07) is 7.93. The molecule has 0 aromatic heterocycles. The van der Waals surface area contributed by atoms with Gasteiger partial charge in [0.2, 0.25) is 21.8 Å². The van der Waals surface area contributed by atoms with E-state index in [9.17, 15) is 18.0 Å². The number of rotatable bonds is 2. The van der Waals surface area contributed by atoms with E-state index in [2.05, 4.69) is 4.72 Å². The third-order valence-corrected chi connectivity index (χ3v) is 6.16. The standard InChI is InChI=1S/C17H23N3O4S/c1-19-10-11-25(23,24)18-14(12-13-6-3-2-4-7-13)16(21)20-9-5-8-15(20)17(19)22/h2-4,6-7,14-15,18H,5,8-12H2,1H3/t14-,15?/m1/s1. The van der Waals surface area contributed by atoms with E-state index in [1.807, 2.05) is 30.3 Å². The van der Waals surface area contributed by atoms with Crippen LogP contribution in [0.1, 0.15) is 18.4 Å². The number of sulfonamides is 1. The number of nitrogens with one attached hydrogen (secondary N) is 1. The van der Waals surface area contributed by atoms with Crippen molar-refractivity contribution in [3.05, 3.63) is 35.9 Å². The van der Waals surface area contributed by atoms with Gasteiger partial charge in [-0.1, -0.05) is 30.3 Å². The van der Waals surface area contributed by atoms with E-state index in [4.69, 9.17) is 0 Å². The lowest BCUT2D eigenvalue weighted by Crippen LogP contribution is -2.56. The van der Waals surface area contributed by atoms with Crippen LogP contribution in [0.15, 0.2) is 30.3 Å². The highest BCUT2D eigenvalue weighted by atomic mass is 32.2. The molecule has 2 saturated heterocycles. The maximum Gasteiger partial charge on any atom is 0.245 e. The monoisotopic (exact) mass is 365 g/mol. The zero-order valence-corrected chi connectivity index (χ0v) is 15.0. The summed E-state index contributed by atoms with van der Waals surface area (Å²) in [6.07, 6.45) is 1.65. The third-order valence-electron chi connectivity index (χ3n) is 4.80. The summed E-state index contributed by atoms with van der Waals surface area (Å²) in [4.78, 5) is 28.6. The predicted octanol–water partition coefficient (Wildman–Crippen LogP) is -0.0199. The van der Waals surface area contributed by atoms with Crippen LogP contribution in [0.2, 0.25) is 0 Å². The molecule has 3 rings (SSSR count). The normalized spacial score (nSPS) is 27.2. The van der Waals surface area contributed by atoms with E-state index in [0.29, 0.717) is 13.0 Å². The molecule has 1 N–H and O–H groups in total. The first kappa shape index (κ1) is 17.9. The fourth-order valence-electron chi connectivity index (χ4n) is 3.41. The Morgan fingerprint density at radius 2 is 1.84 bits per heavy atom. The van der Waals surface area contributed by atoms with Crippen molar-refractivity contribution in [2.24, 2.45) is 0 Å². The number of nitrogens with zero attached hydrogens (tertiary/aromatic N) is 2. The number of likely N-dealkylation sites (N-methyl/N-ethyl adjacent to an activating group) is 1. The van der Waals surface area contributed by atoms with Crippen LogP contribution < -0.4 is 4.72 Å². The first-order chi connectivity index (χ1) is 11.9. The molecule has 1 aromatic rings. The highest BCUT2D eigenvalue weighted by Gasteiger charge is 2.40. The Morgan fingerprint density at radius 1 is 1.12 bits per heavy atom. The summed E-state index contributed by atoms with van der Waals surface area (Å²) in [7, 11) is -2.08. The molecule has 2 amide bonds. The van der Waals surface area contributed by atoms with Crippen molar-refractivity contribution in [1.29, 1.82) is 0 Å². The Hall–Kier alpha value is -1.93. The number of hydrogen-bond donors (Lipinski definition) is 1. The molecular weight excluding hydrogens is 342 g/mol. The molecule has 2 aliphatic rings. The van der Waals surface area contributed by atoms with Gasteiger partial charge in [-0.25, -0.2) is 13.1 Å². The summed E-state index contributed by atoms with van der Waals surface area (Å²) in [5.74, 6) is -0.708. The van der Waals surface area contributed by atoms with E-state index < -0.39 is 22.1 Å². The number of fused-ring (bicyclic) bond motifs is 1. The number of hydrogen-bond acceptors (Lipinski definition) is 4. The molecule has 1 unspecified atom stereocenters. The maximum atomic E-state index is 13.0. The van der Waals surface area contributed by atoms with Gasteiger partial charge in [0.1, 0.15) is 12.1 Å². The molecule has 2 atom stereocenters. The molecule has 8 heteroatoms. The molecule has 1 aromatic carbocycles. The van der Waals surface area contributed by atoms with Crippen molar-refractivity contribution in [2.75, 3.05) is 25.9 Å². The Kier molecular flexibility index (Phi) is 5.10. The summed E-state index contributed by atoms with van der Waals surface area (Å²) in [5.41, 5.74) is 0.875. The quantitative estimate of drug-likeness (QED) is 0.798. The minimum absolute atomic E-state index is 0.116. The van der Waals surface area contributed by atoms with Gasteiger partial charge in [0.25, 0.3) is 0 Å². The molecule has 2 heterocycles. The molecule has 0 spiro atoms. The Bertz CT molecular complexity index is 750. The summed E-state index contributed by atoms with van der Waals surface area (Å²) < 4.78 is 27.3. The van der Waals surface area contributed by atoms with Gasteiger partial charge in [-0.05, 0) is 24.8 Å². The number of amides is 2. The lowest BCUT2D eigenvalue weighted by Gasteiger charge is -2.32.